The van der Waals surface area contributed by atoms with Crippen LogP contribution in [0.1, 0.15) is 18.3 Å². The van der Waals surface area contributed by atoms with Gasteiger partial charge in [0.05, 0.1) is 22.6 Å². The van der Waals surface area contributed by atoms with Gasteiger partial charge in [-0.25, -0.2) is 4.79 Å². The number of nitrogens with one attached hydrogen (secondary N) is 1. The number of aromatic nitrogens is 3. The van der Waals surface area contributed by atoms with E-state index in [1.165, 1.54) is 6.92 Å². The molecule has 27 heavy (non-hydrogen) atoms. The molecule has 0 spiro atoms. The summed E-state index contributed by atoms with van der Waals surface area (Å²) in [4.78, 5) is 36.4. The van der Waals surface area contributed by atoms with E-state index >= 15 is 0 Å². The average Bonchev–Trinajstić information content (AvgIpc) is 3.05. The maximum atomic E-state index is 12.3. The zero-order chi connectivity index (χ0) is 19.7. The summed E-state index contributed by atoms with van der Waals surface area (Å²) in [6, 6.07) is 6.75. The van der Waals surface area contributed by atoms with Crippen LogP contribution >= 0.6 is 0 Å². The Balaban J connectivity index is 1.67. The highest BCUT2D eigenvalue weighted by Crippen LogP contribution is 2.19. The summed E-state index contributed by atoms with van der Waals surface area (Å²) in [7, 11) is 1.77. The van der Waals surface area contributed by atoms with Crippen LogP contribution in [0.3, 0.4) is 0 Å². The molecule has 1 atom stereocenters. The van der Waals surface area contributed by atoms with Crippen molar-refractivity contribution in [3.8, 4) is 0 Å². The predicted molar refractivity (Wildman–Crippen MR) is 97.3 cm³/mol. The van der Waals surface area contributed by atoms with Crippen molar-refractivity contribution in [1.29, 1.82) is 0 Å². The molecule has 0 aliphatic heterocycles. The van der Waals surface area contributed by atoms with Gasteiger partial charge in [-0.2, -0.15) is 5.10 Å². The summed E-state index contributed by atoms with van der Waals surface area (Å²) < 4.78 is 13.1. The van der Waals surface area contributed by atoms with Crippen LogP contribution in [0, 0.1) is 13.8 Å². The fourth-order valence-electron chi connectivity index (χ4n) is 2.76. The molecule has 142 valence electrons. The van der Waals surface area contributed by atoms with E-state index in [1.807, 2.05) is 6.92 Å². The van der Waals surface area contributed by atoms with Crippen molar-refractivity contribution >= 4 is 28.7 Å². The third-order valence-corrected chi connectivity index (χ3v) is 4.30. The Morgan fingerprint density at radius 1 is 1.30 bits per heavy atom. The number of ether oxygens (including phenoxy) is 1. The Kier molecular flexibility index (Phi) is 4.85. The van der Waals surface area contributed by atoms with Gasteiger partial charge in [0.15, 0.2) is 11.7 Å². The number of hydrogen-bond acceptors (Lipinski definition) is 6. The lowest BCUT2D eigenvalue weighted by atomic mass is 10.3. The molecule has 0 aliphatic carbocycles. The Labute approximate surface area is 154 Å². The van der Waals surface area contributed by atoms with Gasteiger partial charge in [0, 0.05) is 7.05 Å². The second-order valence-electron chi connectivity index (χ2n) is 6.21. The van der Waals surface area contributed by atoms with Gasteiger partial charge in [-0.1, -0.05) is 12.1 Å². The number of carbonyl (C=O) groups is 2. The van der Waals surface area contributed by atoms with E-state index in [2.05, 4.69) is 10.4 Å². The van der Waals surface area contributed by atoms with E-state index in [9.17, 15) is 14.4 Å². The fourth-order valence-corrected chi connectivity index (χ4v) is 2.76. The summed E-state index contributed by atoms with van der Waals surface area (Å²) in [5, 5.41) is 6.94. The minimum absolute atomic E-state index is 0.349. The Bertz CT molecular complexity index is 1080. The highest BCUT2D eigenvalue weighted by atomic mass is 16.5. The molecule has 0 aliphatic rings. The number of anilines is 1. The number of benzene rings is 1. The van der Waals surface area contributed by atoms with Crippen molar-refractivity contribution in [1.82, 2.24) is 14.3 Å². The van der Waals surface area contributed by atoms with Gasteiger partial charge in [-0.15, -0.1) is 0 Å². The Morgan fingerprint density at radius 3 is 2.67 bits per heavy atom. The van der Waals surface area contributed by atoms with Gasteiger partial charge in [-0.3, -0.25) is 18.8 Å². The summed E-state index contributed by atoms with van der Waals surface area (Å²) in [5.41, 5.74) is 2.90. The highest BCUT2D eigenvalue weighted by molar-refractivity contribution is 5.96. The monoisotopic (exact) mass is 372 g/mol. The number of esters is 1. The van der Waals surface area contributed by atoms with Crippen LogP contribution in [-0.4, -0.2) is 32.3 Å². The highest BCUT2D eigenvalue weighted by Gasteiger charge is 2.22. The van der Waals surface area contributed by atoms with Crippen LogP contribution in [0.4, 0.5) is 5.69 Å². The number of para-hydroxylation sites is 2. The van der Waals surface area contributed by atoms with Crippen LogP contribution in [0.5, 0.6) is 0 Å². The normalized spacial score (nSPS) is 12.1. The standard InChI is InChI=1S/C18H20N4O5/c1-10-16(11(2)21(4)20-10)19-17(24)12(3)26-15(23)9-22-13-7-5-6-8-14(13)27-18(22)25/h5-8,12H,9H2,1-4H3,(H,19,24). The summed E-state index contributed by atoms with van der Waals surface area (Å²) >= 11 is 0. The SMILES string of the molecule is Cc1nn(C)c(C)c1NC(=O)C(C)OC(=O)Cn1c(=O)oc2ccccc21. The maximum absolute atomic E-state index is 12.3. The van der Waals surface area contributed by atoms with Gasteiger partial charge in [-0.05, 0) is 32.9 Å². The second-order valence-corrected chi connectivity index (χ2v) is 6.21. The van der Waals surface area contributed by atoms with Crippen LogP contribution in [0.25, 0.3) is 11.1 Å². The van der Waals surface area contributed by atoms with Crippen molar-refractivity contribution in [2.45, 2.75) is 33.4 Å². The lowest BCUT2D eigenvalue weighted by Gasteiger charge is -2.14. The lowest BCUT2D eigenvalue weighted by Crippen LogP contribution is -2.32. The summed E-state index contributed by atoms with van der Waals surface area (Å²) in [5.74, 6) is -1.86. The van der Waals surface area contributed by atoms with Crippen LogP contribution < -0.4 is 11.1 Å². The van der Waals surface area contributed by atoms with Gasteiger partial charge in [0.1, 0.15) is 6.54 Å². The third kappa shape index (κ3) is 3.62. The number of carbonyl (C=O) groups excluding carboxylic acids is 2. The van der Waals surface area contributed by atoms with Gasteiger partial charge in [0.2, 0.25) is 0 Å². The maximum Gasteiger partial charge on any atom is 0.420 e. The number of rotatable bonds is 5. The van der Waals surface area contributed by atoms with Crippen LogP contribution in [0.15, 0.2) is 33.5 Å². The first kappa shape index (κ1) is 18.4. The van der Waals surface area contributed by atoms with Crippen molar-refractivity contribution in [2.75, 3.05) is 5.32 Å². The lowest BCUT2D eigenvalue weighted by molar-refractivity contribution is -0.153. The number of hydrogen-bond donors (Lipinski definition) is 1. The number of oxazole rings is 1. The first-order valence-corrected chi connectivity index (χ1v) is 8.37. The minimum Gasteiger partial charge on any atom is -0.451 e. The molecule has 1 aromatic carbocycles. The van der Waals surface area contributed by atoms with E-state index in [-0.39, 0.29) is 6.54 Å². The molecule has 0 fully saturated rings. The minimum atomic E-state index is -1.04. The largest absolute Gasteiger partial charge is 0.451 e. The van der Waals surface area contributed by atoms with Crippen molar-refractivity contribution < 1.29 is 18.7 Å². The second kappa shape index (κ2) is 7.10. The molecule has 0 bridgehead atoms. The zero-order valence-corrected chi connectivity index (χ0v) is 15.5. The molecule has 9 nitrogen and oxygen atoms in total. The molecule has 3 rings (SSSR count). The number of nitrogens with zero attached hydrogens (tertiary/aromatic N) is 3. The molecule has 9 heteroatoms. The molecule has 1 N–H and O–H groups in total. The smallest absolute Gasteiger partial charge is 0.420 e. The molecular weight excluding hydrogens is 352 g/mol. The van der Waals surface area contributed by atoms with Crippen molar-refractivity contribution in [3.63, 3.8) is 0 Å². The van der Waals surface area contributed by atoms with Gasteiger partial charge in [0.25, 0.3) is 5.91 Å². The van der Waals surface area contributed by atoms with Gasteiger partial charge >= 0.3 is 11.7 Å². The molecule has 3 aromatic rings. The fraction of sp³-hybridized carbons (Fsp3) is 0.333. The van der Waals surface area contributed by atoms with E-state index in [0.29, 0.717) is 22.5 Å². The molecule has 0 saturated carbocycles. The van der Waals surface area contributed by atoms with E-state index < -0.39 is 23.7 Å². The predicted octanol–water partition coefficient (Wildman–Crippen LogP) is 1.52. The van der Waals surface area contributed by atoms with E-state index in [1.54, 1.807) is 42.9 Å². The number of amides is 1. The quantitative estimate of drug-likeness (QED) is 0.680. The first-order valence-electron chi connectivity index (χ1n) is 8.37. The van der Waals surface area contributed by atoms with Crippen molar-refractivity contribution in [3.05, 3.63) is 46.2 Å². The molecule has 2 heterocycles. The molecule has 1 amide bonds. The number of aryl methyl sites for hydroxylation is 2. The molecule has 0 saturated heterocycles. The Morgan fingerprint density at radius 2 is 2.00 bits per heavy atom. The van der Waals surface area contributed by atoms with Gasteiger partial charge < -0.3 is 14.5 Å². The molecular formula is C18H20N4O5. The van der Waals surface area contributed by atoms with Crippen LogP contribution in [-0.2, 0) is 27.9 Å². The molecule has 1 unspecified atom stereocenters. The summed E-state index contributed by atoms with van der Waals surface area (Å²) in [6.07, 6.45) is -1.04. The molecule has 0 radical (unpaired) electrons. The summed E-state index contributed by atoms with van der Waals surface area (Å²) in [6.45, 7) is 4.71. The van der Waals surface area contributed by atoms with Crippen LogP contribution in [0.2, 0.25) is 0 Å². The van der Waals surface area contributed by atoms with E-state index in [4.69, 9.17) is 9.15 Å². The first-order chi connectivity index (χ1) is 12.8. The van der Waals surface area contributed by atoms with Crippen molar-refractivity contribution in [2.24, 2.45) is 7.05 Å². The molecule has 2 aromatic heterocycles. The van der Waals surface area contributed by atoms with E-state index in [0.717, 1.165) is 10.3 Å². The zero-order valence-electron chi connectivity index (χ0n) is 15.5. The Hall–Kier alpha value is -3.36. The number of fused-ring (bicyclic) bond motifs is 1. The third-order valence-electron chi connectivity index (χ3n) is 4.30. The topological polar surface area (TPSA) is 108 Å². The average molecular weight is 372 g/mol.